The molecule has 5 nitrogen and oxygen atoms in total. The van der Waals surface area contributed by atoms with Gasteiger partial charge in [-0.05, 0) is 18.3 Å². The van der Waals surface area contributed by atoms with Gasteiger partial charge in [-0.3, -0.25) is 4.68 Å². The molecule has 1 aromatic carbocycles. The molecule has 0 radical (unpaired) electrons. The highest BCUT2D eigenvalue weighted by Gasteiger charge is 2.10. The number of H-pyrrole nitrogens is 1. The molecule has 0 unspecified atom stereocenters. The molecule has 3 rings (SSSR count). The first-order chi connectivity index (χ1) is 9.15. The summed E-state index contributed by atoms with van der Waals surface area (Å²) in [4.78, 5) is 2.74. The number of aryl methyl sites for hydroxylation is 2. The van der Waals surface area contributed by atoms with Crippen LogP contribution in [0.5, 0.6) is 0 Å². The molecule has 0 atom stereocenters. The second kappa shape index (κ2) is 4.54. The summed E-state index contributed by atoms with van der Waals surface area (Å²) in [6.07, 6.45) is 3.27. The Bertz CT molecular complexity index is 774. The van der Waals surface area contributed by atoms with Gasteiger partial charge in [-0.2, -0.15) is 0 Å². The lowest BCUT2D eigenvalue weighted by Gasteiger charge is -2.04. The maximum absolute atomic E-state index is 13.6. The summed E-state index contributed by atoms with van der Waals surface area (Å²) in [6, 6.07) is 2.08. The van der Waals surface area contributed by atoms with Crippen molar-refractivity contribution in [1.82, 2.24) is 24.5 Å². The SMILES string of the molecule is Fc1cc(F)c2[nH]c(=S)n(CCn3ccnn3)c2c1. The molecule has 19 heavy (non-hydrogen) atoms. The number of aromatic amines is 1. The number of imidazole rings is 1. The van der Waals surface area contributed by atoms with Crippen molar-refractivity contribution in [3.05, 3.63) is 40.9 Å². The van der Waals surface area contributed by atoms with Crippen LogP contribution in [0.2, 0.25) is 0 Å². The fourth-order valence-electron chi connectivity index (χ4n) is 1.96. The van der Waals surface area contributed by atoms with E-state index >= 15 is 0 Å². The lowest BCUT2D eigenvalue weighted by atomic mass is 10.3. The van der Waals surface area contributed by atoms with E-state index in [-0.39, 0.29) is 5.52 Å². The van der Waals surface area contributed by atoms with Crippen LogP contribution in [0.1, 0.15) is 0 Å². The average Bonchev–Trinajstić information content (AvgIpc) is 2.95. The first kappa shape index (κ1) is 12.0. The number of fused-ring (bicyclic) bond motifs is 1. The number of hydrogen-bond acceptors (Lipinski definition) is 3. The minimum atomic E-state index is -0.652. The Morgan fingerprint density at radius 3 is 2.84 bits per heavy atom. The zero-order valence-electron chi connectivity index (χ0n) is 9.68. The molecule has 8 heteroatoms. The maximum atomic E-state index is 13.6. The van der Waals surface area contributed by atoms with E-state index in [4.69, 9.17) is 12.2 Å². The zero-order chi connectivity index (χ0) is 13.4. The molecule has 98 valence electrons. The van der Waals surface area contributed by atoms with Crippen LogP contribution in [0.25, 0.3) is 11.0 Å². The summed E-state index contributed by atoms with van der Waals surface area (Å²) < 4.78 is 30.5. The van der Waals surface area contributed by atoms with Crippen molar-refractivity contribution in [1.29, 1.82) is 0 Å². The van der Waals surface area contributed by atoms with Crippen LogP contribution in [0, 0.1) is 16.4 Å². The molecule has 2 heterocycles. The third kappa shape index (κ3) is 2.14. The van der Waals surface area contributed by atoms with E-state index in [2.05, 4.69) is 15.3 Å². The number of aromatic nitrogens is 5. The van der Waals surface area contributed by atoms with E-state index in [1.165, 1.54) is 6.07 Å². The van der Waals surface area contributed by atoms with Gasteiger partial charge < -0.3 is 9.55 Å². The summed E-state index contributed by atoms with van der Waals surface area (Å²) in [6.45, 7) is 0.963. The first-order valence-electron chi connectivity index (χ1n) is 5.57. The molecule has 0 bridgehead atoms. The van der Waals surface area contributed by atoms with Gasteiger partial charge in [-0.1, -0.05) is 5.21 Å². The van der Waals surface area contributed by atoms with Crippen LogP contribution < -0.4 is 0 Å². The van der Waals surface area contributed by atoms with Crippen LogP contribution in [0.15, 0.2) is 24.5 Å². The molecule has 0 saturated carbocycles. The van der Waals surface area contributed by atoms with Crippen molar-refractivity contribution in [2.24, 2.45) is 0 Å². The molecule has 0 amide bonds. The van der Waals surface area contributed by atoms with E-state index in [9.17, 15) is 8.78 Å². The minimum Gasteiger partial charge on any atom is -0.328 e. The Labute approximate surface area is 111 Å². The monoisotopic (exact) mass is 281 g/mol. The van der Waals surface area contributed by atoms with Gasteiger partial charge in [0.25, 0.3) is 0 Å². The predicted molar refractivity (Wildman–Crippen MR) is 67.1 cm³/mol. The minimum absolute atomic E-state index is 0.213. The van der Waals surface area contributed by atoms with Crippen molar-refractivity contribution >= 4 is 23.3 Å². The lowest BCUT2D eigenvalue weighted by Crippen LogP contribution is -2.08. The molecule has 0 fully saturated rings. The molecule has 1 N–H and O–H groups in total. The van der Waals surface area contributed by atoms with Gasteiger partial charge in [0, 0.05) is 18.8 Å². The normalized spacial score (nSPS) is 11.3. The van der Waals surface area contributed by atoms with E-state index in [1.54, 1.807) is 21.6 Å². The van der Waals surface area contributed by atoms with Crippen LogP contribution in [-0.2, 0) is 13.1 Å². The van der Waals surface area contributed by atoms with Crippen LogP contribution in [-0.4, -0.2) is 24.5 Å². The lowest BCUT2D eigenvalue weighted by molar-refractivity contribution is 0.522. The maximum Gasteiger partial charge on any atom is 0.178 e. The van der Waals surface area contributed by atoms with Crippen molar-refractivity contribution in [2.45, 2.75) is 13.1 Å². The smallest absolute Gasteiger partial charge is 0.178 e. The summed E-state index contributed by atoms with van der Waals surface area (Å²) >= 11 is 5.12. The largest absolute Gasteiger partial charge is 0.328 e. The van der Waals surface area contributed by atoms with Crippen LogP contribution >= 0.6 is 12.2 Å². The third-order valence-electron chi connectivity index (χ3n) is 2.83. The van der Waals surface area contributed by atoms with Gasteiger partial charge >= 0.3 is 0 Å². The summed E-state index contributed by atoms with van der Waals surface area (Å²) in [7, 11) is 0. The Morgan fingerprint density at radius 1 is 1.26 bits per heavy atom. The number of halogens is 2. The standard InChI is InChI=1S/C11H9F2N5S/c12-7-5-8(13)10-9(6-7)18(11(19)15-10)4-3-17-2-1-14-16-17/h1-2,5-6H,3-4H2,(H,15,19). The van der Waals surface area contributed by atoms with Gasteiger partial charge in [0.2, 0.25) is 0 Å². The van der Waals surface area contributed by atoms with Gasteiger partial charge in [-0.15, -0.1) is 5.10 Å². The fourth-order valence-corrected chi connectivity index (χ4v) is 2.25. The molecule has 0 aliphatic carbocycles. The van der Waals surface area contributed by atoms with Crippen molar-refractivity contribution < 1.29 is 8.78 Å². The van der Waals surface area contributed by atoms with E-state index < -0.39 is 11.6 Å². The summed E-state index contributed by atoms with van der Waals surface area (Å²) in [5.74, 6) is -1.28. The molecule has 2 aromatic heterocycles. The van der Waals surface area contributed by atoms with E-state index in [0.29, 0.717) is 23.4 Å². The molecule has 0 saturated heterocycles. The van der Waals surface area contributed by atoms with Crippen LogP contribution in [0.3, 0.4) is 0 Å². The zero-order valence-corrected chi connectivity index (χ0v) is 10.5. The number of benzene rings is 1. The van der Waals surface area contributed by atoms with E-state index in [1.807, 2.05) is 0 Å². The Hall–Kier alpha value is -2.09. The molecular formula is C11H9F2N5S. The second-order valence-corrected chi connectivity index (χ2v) is 4.42. The fraction of sp³-hybridized carbons (Fsp3) is 0.182. The highest BCUT2D eigenvalue weighted by Crippen LogP contribution is 2.19. The van der Waals surface area contributed by atoms with E-state index in [0.717, 1.165) is 6.07 Å². The van der Waals surface area contributed by atoms with Crippen molar-refractivity contribution in [3.63, 3.8) is 0 Å². The second-order valence-electron chi connectivity index (χ2n) is 4.03. The number of rotatable bonds is 3. The molecule has 3 aromatic rings. The highest BCUT2D eigenvalue weighted by molar-refractivity contribution is 7.71. The Morgan fingerprint density at radius 2 is 2.11 bits per heavy atom. The Balaban J connectivity index is 2.03. The number of nitrogens with zero attached hydrogens (tertiary/aromatic N) is 4. The topological polar surface area (TPSA) is 51.4 Å². The number of nitrogens with one attached hydrogen (secondary N) is 1. The van der Waals surface area contributed by atoms with Crippen molar-refractivity contribution in [3.8, 4) is 0 Å². The summed E-state index contributed by atoms with van der Waals surface area (Å²) in [5.41, 5.74) is 0.618. The first-order valence-corrected chi connectivity index (χ1v) is 5.97. The highest BCUT2D eigenvalue weighted by atomic mass is 32.1. The van der Waals surface area contributed by atoms with Crippen LogP contribution in [0.4, 0.5) is 8.78 Å². The molecule has 0 aliphatic heterocycles. The summed E-state index contributed by atoms with van der Waals surface area (Å²) in [5, 5.41) is 7.51. The average molecular weight is 281 g/mol. The molecule has 0 aliphatic rings. The quantitative estimate of drug-likeness (QED) is 0.749. The van der Waals surface area contributed by atoms with Gasteiger partial charge in [0.15, 0.2) is 10.6 Å². The Kier molecular flexibility index (Phi) is 2.86. The van der Waals surface area contributed by atoms with Gasteiger partial charge in [-0.25, -0.2) is 8.78 Å². The van der Waals surface area contributed by atoms with Crippen molar-refractivity contribution in [2.75, 3.05) is 0 Å². The predicted octanol–water partition coefficient (Wildman–Crippen LogP) is 2.27. The molecule has 0 spiro atoms. The van der Waals surface area contributed by atoms with Gasteiger partial charge in [0.1, 0.15) is 11.3 Å². The molecular weight excluding hydrogens is 272 g/mol. The third-order valence-corrected chi connectivity index (χ3v) is 3.15. The van der Waals surface area contributed by atoms with Gasteiger partial charge in [0.05, 0.1) is 18.3 Å². The number of hydrogen-bond donors (Lipinski definition) is 1.